The molecule has 3 heterocycles. The zero-order chi connectivity index (χ0) is 34.6. The second-order valence-corrected chi connectivity index (χ2v) is 13.7. The highest BCUT2D eigenvalue weighted by atomic mass is 19.1. The third-order valence-corrected chi connectivity index (χ3v) is 10.7. The van der Waals surface area contributed by atoms with E-state index < -0.39 is 75.9 Å². The van der Waals surface area contributed by atoms with Gasteiger partial charge in [-0.1, -0.05) is 19.9 Å². The van der Waals surface area contributed by atoms with Crippen molar-refractivity contribution in [2.24, 2.45) is 22.7 Å². The van der Waals surface area contributed by atoms with Crippen molar-refractivity contribution in [2.45, 2.75) is 77.8 Å². The summed E-state index contributed by atoms with van der Waals surface area (Å²) in [6.07, 6.45) is 0.828. The number of pyridine rings is 1. The molecule has 1 N–H and O–H groups in total. The van der Waals surface area contributed by atoms with Crippen LogP contribution in [0.4, 0.5) is 4.39 Å². The average molecular weight is 664 g/mol. The lowest BCUT2D eigenvalue weighted by Gasteiger charge is -2.66. The highest BCUT2D eigenvalue weighted by Crippen LogP contribution is 2.67. The van der Waals surface area contributed by atoms with Gasteiger partial charge in [0.05, 0.1) is 11.7 Å². The summed E-state index contributed by atoms with van der Waals surface area (Å²) in [4.78, 5) is 55.7. The second kappa shape index (κ2) is 12.1. The molecule has 0 bridgehead atoms. The molecular weight excluding hydrogens is 625 g/mol. The number of hydrogen-bond acceptors (Lipinski definition) is 11. The van der Waals surface area contributed by atoms with Crippen LogP contribution in [-0.4, -0.2) is 52.4 Å². The lowest BCUT2D eigenvalue weighted by atomic mass is 9.42. The average Bonchev–Trinajstić information content (AvgIpc) is 3.02. The van der Waals surface area contributed by atoms with Gasteiger partial charge in [-0.15, -0.1) is 0 Å². The van der Waals surface area contributed by atoms with Gasteiger partial charge in [0.2, 0.25) is 0 Å². The molecule has 6 rings (SSSR count). The van der Waals surface area contributed by atoms with Gasteiger partial charge in [0.1, 0.15) is 47.3 Å². The Morgan fingerprint density at radius 3 is 2.48 bits per heavy atom. The monoisotopic (exact) mass is 663 g/mol. The molecule has 3 aromatic rings. The Labute approximate surface area is 276 Å². The number of fused-ring (bicyclic) bond motifs is 4. The van der Waals surface area contributed by atoms with Crippen molar-refractivity contribution in [1.29, 1.82) is 0 Å². The van der Waals surface area contributed by atoms with Crippen molar-refractivity contribution >= 4 is 17.9 Å². The minimum Gasteiger partial charge on any atom is -0.482 e. The highest BCUT2D eigenvalue weighted by molar-refractivity contribution is 5.89. The van der Waals surface area contributed by atoms with E-state index in [-0.39, 0.29) is 35.7 Å². The Bertz CT molecular complexity index is 1810. The number of rotatable bonds is 6. The molecule has 2 aliphatic carbocycles. The summed E-state index contributed by atoms with van der Waals surface area (Å²) in [7, 11) is 0. The van der Waals surface area contributed by atoms with Crippen LogP contribution < -0.4 is 10.4 Å². The molecule has 0 radical (unpaired) electrons. The van der Waals surface area contributed by atoms with Crippen LogP contribution in [0.25, 0.3) is 11.3 Å². The number of ether oxygens (including phenoxy) is 4. The van der Waals surface area contributed by atoms with E-state index in [1.54, 1.807) is 25.3 Å². The normalized spacial score (nSPS) is 32.0. The summed E-state index contributed by atoms with van der Waals surface area (Å²) in [6, 6.07) is 10.0. The Morgan fingerprint density at radius 1 is 1.04 bits per heavy atom. The number of hydrogen-bond donors (Lipinski definition) is 1. The maximum absolute atomic E-state index is 14.2. The third kappa shape index (κ3) is 5.55. The molecule has 8 atom stereocenters. The molecule has 12 heteroatoms. The van der Waals surface area contributed by atoms with Gasteiger partial charge in [-0.2, -0.15) is 0 Å². The van der Waals surface area contributed by atoms with Crippen LogP contribution >= 0.6 is 0 Å². The zero-order valence-electron chi connectivity index (χ0n) is 27.4. The van der Waals surface area contributed by atoms with Crippen LogP contribution in [0.3, 0.4) is 0 Å². The van der Waals surface area contributed by atoms with E-state index >= 15 is 0 Å². The topological polar surface area (TPSA) is 151 Å². The molecular formula is C36H38FNO10. The SMILES string of the molecule is CC(=O)OC[C@@]1(C)[C@@H]2C[C@H](OC(=O)c3cccc(F)c3)[C@@]3(C)Oc4cc(-c5cccnc5)oc(=O)c4[C@H](O)[C@@H]3[C@@]2(C)CC[C@@H]1OC(C)=O. The minimum atomic E-state index is -1.44. The van der Waals surface area contributed by atoms with Crippen LogP contribution in [-0.2, 0) is 23.8 Å². The molecule has 0 spiro atoms. The summed E-state index contributed by atoms with van der Waals surface area (Å²) < 4.78 is 44.1. The second-order valence-electron chi connectivity index (χ2n) is 13.7. The van der Waals surface area contributed by atoms with Gasteiger partial charge < -0.3 is 28.5 Å². The van der Waals surface area contributed by atoms with E-state index in [1.807, 2.05) is 13.8 Å². The maximum Gasteiger partial charge on any atom is 0.345 e. The number of esters is 3. The summed E-state index contributed by atoms with van der Waals surface area (Å²) >= 11 is 0. The fourth-order valence-corrected chi connectivity index (χ4v) is 8.65. The third-order valence-electron chi connectivity index (χ3n) is 10.7. The predicted molar refractivity (Wildman–Crippen MR) is 167 cm³/mol. The van der Waals surface area contributed by atoms with Crippen molar-refractivity contribution in [1.82, 2.24) is 4.98 Å². The predicted octanol–water partition coefficient (Wildman–Crippen LogP) is 5.19. The number of aliphatic hydroxyl groups is 1. The van der Waals surface area contributed by atoms with Crippen molar-refractivity contribution in [3.8, 4) is 17.1 Å². The van der Waals surface area contributed by atoms with E-state index in [2.05, 4.69) is 4.98 Å². The molecule has 1 aromatic carbocycles. The molecule has 0 amide bonds. The molecule has 2 fully saturated rings. The molecule has 2 aromatic heterocycles. The number of benzene rings is 1. The fourth-order valence-electron chi connectivity index (χ4n) is 8.65. The first kappa shape index (κ1) is 33.3. The van der Waals surface area contributed by atoms with Crippen molar-refractivity contribution in [2.75, 3.05) is 6.61 Å². The highest BCUT2D eigenvalue weighted by Gasteiger charge is 2.71. The number of carbonyl (C=O) groups is 3. The number of aliphatic hydroxyl groups excluding tert-OH is 1. The van der Waals surface area contributed by atoms with Crippen LogP contribution in [0.1, 0.15) is 75.9 Å². The molecule has 0 unspecified atom stereocenters. The standard InChI is InChI=1S/C36H38FNO10/c1-19(39)44-18-35(4)26-16-28(47-32(42)21-8-6-10-23(37)14-21)36(5)31(34(26,3)12-11-27(35)45-20(2)40)30(41)29-25(48-36)15-24(46-33(29)43)22-9-7-13-38-17-22/h6-10,13-15,17,26-28,30-31,41H,11-12,16,18H2,1-5H3/t26-,27+,28+,30+,31-,34+,35+,36-/m1/s1. The van der Waals surface area contributed by atoms with Crippen molar-refractivity contribution < 1.29 is 47.2 Å². The summed E-state index contributed by atoms with van der Waals surface area (Å²) in [5.41, 5.74) is -3.65. The minimum absolute atomic E-state index is 0.0242. The van der Waals surface area contributed by atoms with Crippen molar-refractivity contribution in [3.05, 3.63) is 82.2 Å². The first-order valence-electron chi connectivity index (χ1n) is 15.9. The van der Waals surface area contributed by atoms with Crippen molar-refractivity contribution in [3.63, 3.8) is 0 Å². The Kier molecular flexibility index (Phi) is 8.43. The van der Waals surface area contributed by atoms with E-state index in [9.17, 15) is 28.7 Å². The fraction of sp³-hybridized carbons (Fsp3) is 0.472. The van der Waals surface area contributed by atoms with Gasteiger partial charge in [0.15, 0.2) is 0 Å². The number of aromatic nitrogens is 1. The van der Waals surface area contributed by atoms with Gasteiger partial charge in [0, 0.05) is 49.2 Å². The quantitative estimate of drug-likeness (QED) is 0.274. The molecule has 48 heavy (non-hydrogen) atoms. The zero-order valence-corrected chi connectivity index (χ0v) is 27.4. The van der Waals surface area contributed by atoms with E-state index in [4.69, 9.17) is 23.4 Å². The lowest BCUT2D eigenvalue weighted by Crippen LogP contribution is -2.71. The smallest absolute Gasteiger partial charge is 0.345 e. The van der Waals surface area contributed by atoms with Gasteiger partial charge in [-0.3, -0.25) is 14.6 Å². The summed E-state index contributed by atoms with van der Waals surface area (Å²) in [6.45, 7) is 7.99. The Morgan fingerprint density at radius 2 is 1.81 bits per heavy atom. The van der Waals surface area contributed by atoms with Crippen LogP contribution in [0.5, 0.6) is 5.75 Å². The largest absolute Gasteiger partial charge is 0.482 e. The van der Waals surface area contributed by atoms with Gasteiger partial charge in [0.25, 0.3) is 0 Å². The first-order valence-corrected chi connectivity index (χ1v) is 15.9. The van der Waals surface area contributed by atoms with E-state index in [1.165, 1.54) is 44.3 Å². The number of halogens is 1. The molecule has 0 saturated heterocycles. The summed E-state index contributed by atoms with van der Waals surface area (Å²) in [5.74, 6) is -3.61. The number of carbonyl (C=O) groups excluding carboxylic acids is 3. The molecule has 3 aliphatic rings. The molecule has 2 saturated carbocycles. The molecule has 254 valence electrons. The maximum atomic E-state index is 14.2. The van der Waals surface area contributed by atoms with Crippen LogP contribution in [0, 0.1) is 28.5 Å². The van der Waals surface area contributed by atoms with Crippen LogP contribution in [0.15, 0.2) is 64.1 Å². The van der Waals surface area contributed by atoms with Gasteiger partial charge in [-0.05, 0) is 67.9 Å². The Hall–Kier alpha value is -4.58. The van der Waals surface area contributed by atoms with Gasteiger partial charge in [-0.25, -0.2) is 14.0 Å². The van der Waals surface area contributed by atoms with Crippen LogP contribution in [0.2, 0.25) is 0 Å². The number of nitrogens with zero attached hydrogens (tertiary/aromatic N) is 1. The first-order chi connectivity index (χ1) is 22.7. The molecule has 11 nitrogen and oxygen atoms in total. The van der Waals surface area contributed by atoms with Gasteiger partial charge >= 0.3 is 23.5 Å². The van der Waals surface area contributed by atoms with E-state index in [0.29, 0.717) is 18.4 Å². The Balaban J connectivity index is 1.51. The molecule has 1 aliphatic heterocycles. The van der Waals surface area contributed by atoms with E-state index in [0.717, 1.165) is 6.07 Å². The lowest BCUT2D eigenvalue weighted by molar-refractivity contribution is -0.266. The summed E-state index contributed by atoms with van der Waals surface area (Å²) in [5, 5.41) is 12.3.